The number of aryl methyl sites for hydroxylation is 1. The number of allylic oxidation sites excluding steroid dienone is 1. The second-order valence-electron chi connectivity index (χ2n) is 8.07. The first kappa shape index (κ1) is 19.4. The number of amides is 2. The van der Waals surface area contributed by atoms with Crippen molar-refractivity contribution >= 4 is 28.4 Å². The van der Waals surface area contributed by atoms with Gasteiger partial charge in [0.1, 0.15) is 5.82 Å². The summed E-state index contributed by atoms with van der Waals surface area (Å²) in [6.45, 7) is 7.45. The summed E-state index contributed by atoms with van der Waals surface area (Å²) in [6.07, 6.45) is 9.39. The lowest BCUT2D eigenvalue weighted by Crippen LogP contribution is -2.44. The van der Waals surface area contributed by atoms with Gasteiger partial charge in [-0.15, -0.1) is 6.58 Å². The Bertz CT molecular complexity index is 1240. The molecule has 0 saturated carbocycles. The predicted molar refractivity (Wildman–Crippen MR) is 122 cm³/mol. The van der Waals surface area contributed by atoms with Crippen molar-refractivity contribution in [3.8, 4) is 0 Å². The summed E-state index contributed by atoms with van der Waals surface area (Å²) in [4.78, 5) is 27.3. The second-order valence-corrected chi connectivity index (χ2v) is 8.07. The molecule has 0 spiro atoms. The molecule has 2 N–H and O–H groups in total. The highest BCUT2D eigenvalue weighted by Gasteiger charge is 2.34. The molecule has 1 aliphatic heterocycles. The molecule has 2 amide bonds. The summed E-state index contributed by atoms with van der Waals surface area (Å²) in [5.41, 5.74) is 4.83. The molecule has 31 heavy (non-hydrogen) atoms. The average molecular weight is 415 g/mol. The Balaban J connectivity index is 1.43. The van der Waals surface area contributed by atoms with E-state index in [0.717, 1.165) is 41.0 Å². The number of fused-ring (bicyclic) bond motifs is 3. The summed E-state index contributed by atoms with van der Waals surface area (Å²) in [7, 11) is 0. The summed E-state index contributed by atoms with van der Waals surface area (Å²) >= 11 is 0. The predicted octanol–water partition coefficient (Wildman–Crippen LogP) is 4.60. The van der Waals surface area contributed by atoms with Crippen LogP contribution in [0.1, 0.15) is 30.7 Å². The monoisotopic (exact) mass is 414 g/mol. The number of piperidine rings is 1. The van der Waals surface area contributed by atoms with Gasteiger partial charge in [-0.2, -0.15) is 0 Å². The van der Waals surface area contributed by atoms with Gasteiger partial charge in [0.25, 0.3) is 0 Å². The van der Waals surface area contributed by atoms with E-state index in [2.05, 4.69) is 45.3 Å². The van der Waals surface area contributed by atoms with Gasteiger partial charge < -0.3 is 15.2 Å². The number of carbonyl (C=O) groups excluding carboxylic acids is 1. The number of anilines is 1. The van der Waals surface area contributed by atoms with E-state index in [0.29, 0.717) is 13.1 Å². The number of hydrogen-bond acceptors (Lipinski definition) is 3. The number of urea groups is 1. The number of aromatic nitrogens is 4. The van der Waals surface area contributed by atoms with E-state index in [1.165, 1.54) is 5.56 Å². The number of likely N-dealkylation sites (tertiary alicyclic amines) is 1. The zero-order valence-electron chi connectivity index (χ0n) is 17.6. The van der Waals surface area contributed by atoms with Crippen LogP contribution in [0.25, 0.3) is 16.7 Å². The maximum atomic E-state index is 13.0. The molecule has 0 aliphatic carbocycles. The fourth-order valence-electron chi connectivity index (χ4n) is 4.50. The highest BCUT2D eigenvalue weighted by molar-refractivity contribution is 5.89. The van der Waals surface area contributed by atoms with E-state index in [9.17, 15) is 4.79 Å². The van der Waals surface area contributed by atoms with Gasteiger partial charge in [0.15, 0.2) is 5.65 Å². The molecule has 4 aromatic rings. The number of imidazole rings is 1. The van der Waals surface area contributed by atoms with Crippen LogP contribution in [-0.2, 0) is 6.42 Å². The van der Waals surface area contributed by atoms with Crippen LogP contribution in [0.2, 0.25) is 0 Å². The van der Waals surface area contributed by atoms with Crippen LogP contribution in [0, 0.1) is 5.92 Å². The van der Waals surface area contributed by atoms with Gasteiger partial charge >= 0.3 is 6.03 Å². The Morgan fingerprint density at radius 1 is 1.26 bits per heavy atom. The lowest BCUT2D eigenvalue weighted by Gasteiger charge is -2.36. The number of H-pyrrole nitrogens is 1. The van der Waals surface area contributed by atoms with Crippen LogP contribution in [0.3, 0.4) is 0 Å². The average Bonchev–Trinajstić information content (AvgIpc) is 3.45. The minimum atomic E-state index is -0.0777. The van der Waals surface area contributed by atoms with E-state index >= 15 is 0 Å². The molecule has 5 rings (SSSR count). The van der Waals surface area contributed by atoms with Gasteiger partial charge in [-0.1, -0.05) is 25.1 Å². The maximum Gasteiger partial charge on any atom is 0.321 e. The van der Waals surface area contributed by atoms with Crippen molar-refractivity contribution in [2.24, 2.45) is 5.92 Å². The molecule has 1 aliphatic rings. The Morgan fingerprint density at radius 3 is 2.84 bits per heavy atom. The van der Waals surface area contributed by atoms with Gasteiger partial charge in [0.2, 0.25) is 0 Å². The van der Waals surface area contributed by atoms with Crippen molar-refractivity contribution < 1.29 is 4.79 Å². The number of benzene rings is 1. The number of nitrogens with zero attached hydrogens (tertiary/aromatic N) is 4. The van der Waals surface area contributed by atoms with E-state index in [-0.39, 0.29) is 17.9 Å². The molecule has 2 atom stereocenters. The van der Waals surface area contributed by atoms with Gasteiger partial charge in [0.05, 0.1) is 23.4 Å². The zero-order chi connectivity index (χ0) is 21.4. The summed E-state index contributed by atoms with van der Waals surface area (Å²) in [5, 5.41) is 3.04. The third-order valence-corrected chi connectivity index (χ3v) is 6.29. The Hall–Kier alpha value is -3.61. The van der Waals surface area contributed by atoms with E-state index < -0.39 is 0 Å². The van der Waals surface area contributed by atoms with Crippen LogP contribution >= 0.6 is 0 Å². The molecule has 7 nitrogen and oxygen atoms in total. The molecule has 7 heteroatoms. The van der Waals surface area contributed by atoms with E-state index in [1.807, 2.05) is 47.8 Å². The number of nitrogens with one attached hydrogen (secondary N) is 2. The third kappa shape index (κ3) is 3.46. The molecule has 4 heterocycles. The number of rotatable bonds is 4. The summed E-state index contributed by atoms with van der Waals surface area (Å²) in [5.74, 6) is 1.25. The van der Waals surface area contributed by atoms with Gasteiger partial charge in [-0.3, -0.25) is 4.40 Å². The van der Waals surface area contributed by atoms with Crippen molar-refractivity contribution in [1.82, 2.24) is 24.3 Å². The zero-order valence-corrected chi connectivity index (χ0v) is 17.6. The quantitative estimate of drug-likeness (QED) is 0.479. The molecule has 1 aromatic carbocycles. The van der Waals surface area contributed by atoms with Crippen molar-refractivity contribution in [2.45, 2.75) is 25.7 Å². The van der Waals surface area contributed by atoms with Gasteiger partial charge in [-0.25, -0.2) is 14.8 Å². The Labute approximate surface area is 180 Å². The van der Waals surface area contributed by atoms with Crippen molar-refractivity contribution in [2.75, 3.05) is 18.4 Å². The van der Waals surface area contributed by atoms with Crippen molar-refractivity contribution in [3.05, 3.63) is 73.0 Å². The van der Waals surface area contributed by atoms with Crippen LogP contribution in [0.4, 0.5) is 10.5 Å². The van der Waals surface area contributed by atoms with E-state index in [1.54, 1.807) is 0 Å². The fourth-order valence-corrected chi connectivity index (χ4v) is 4.50. The number of carbonyl (C=O) groups is 1. The summed E-state index contributed by atoms with van der Waals surface area (Å²) in [6, 6.07) is 9.96. The molecule has 3 aromatic heterocycles. The summed E-state index contributed by atoms with van der Waals surface area (Å²) < 4.78 is 2.14. The van der Waals surface area contributed by atoms with Gasteiger partial charge in [0, 0.05) is 30.9 Å². The van der Waals surface area contributed by atoms with Crippen LogP contribution in [-0.4, -0.2) is 43.4 Å². The lowest BCUT2D eigenvalue weighted by atomic mass is 9.85. The molecule has 2 unspecified atom stereocenters. The largest absolute Gasteiger partial charge is 0.345 e. The first-order valence-electron chi connectivity index (χ1n) is 10.7. The number of aromatic amines is 1. The minimum Gasteiger partial charge on any atom is -0.345 e. The first-order valence-corrected chi connectivity index (χ1v) is 10.7. The van der Waals surface area contributed by atoms with E-state index in [4.69, 9.17) is 4.98 Å². The molecule has 1 fully saturated rings. The molecule has 0 radical (unpaired) electrons. The second kappa shape index (κ2) is 7.91. The maximum absolute atomic E-state index is 13.0. The fraction of sp³-hybridized carbons (Fsp3) is 0.292. The van der Waals surface area contributed by atoms with Crippen molar-refractivity contribution in [1.29, 1.82) is 0 Å². The first-order chi connectivity index (χ1) is 15.2. The lowest BCUT2D eigenvalue weighted by molar-refractivity contribution is 0.177. The topological polar surface area (TPSA) is 78.3 Å². The Morgan fingerprint density at radius 2 is 2.06 bits per heavy atom. The van der Waals surface area contributed by atoms with Crippen molar-refractivity contribution in [3.63, 3.8) is 0 Å². The molecular formula is C24H26N6O. The minimum absolute atomic E-state index is 0.0578. The van der Waals surface area contributed by atoms with Crippen LogP contribution in [0.15, 0.2) is 61.6 Å². The third-order valence-electron chi connectivity index (χ3n) is 6.29. The normalized spacial score (nSPS) is 19.1. The SMILES string of the molecule is C=CC1CCN(C(=O)Nc2ccc(CC)cc2)CC1c1ncc2cnc3[nH]ccc3n12. The van der Waals surface area contributed by atoms with Gasteiger partial charge in [-0.05, 0) is 42.5 Å². The molecule has 1 saturated heterocycles. The highest BCUT2D eigenvalue weighted by atomic mass is 16.2. The van der Waals surface area contributed by atoms with Crippen LogP contribution in [0.5, 0.6) is 0 Å². The van der Waals surface area contributed by atoms with Crippen LogP contribution < -0.4 is 5.32 Å². The smallest absolute Gasteiger partial charge is 0.321 e. The molecular weight excluding hydrogens is 388 g/mol. The molecule has 158 valence electrons. The molecule has 0 bridgehead atoms. The standard InChI is InChI=1S/C24H26N6O/c1-3-16-5-7-18(8-6-16)28-24(31)29-12-10-17(4-2)20(15-29)23-27-14-19-13-26-22-21(30(19)23)9-11-25-22/h4-9,11,13-14,17,20,25H,2-3,10,12,15H2,1H3,(H,28,31). The highest BCUT2D eigenvalue weighted by Crippen LogP contribution is 2.34. The Kier molecular flexibility index (Phi) is 4.94. The number of hydrogen-bond donors (Lipinski definition) is 2.